The number of carbonyl (C=O) groups is 3. The Balaban J connectivity index is 2.04. The molecule has 1 aliphatic heterocycles. The average molecular weight is 271 g/mol. The van der Waals surface area contributed by atoms with Crippen LogP contribution in [-0.4, -0.2) is 35.7 Å². The molecule has 0 bridgehead atoms. The maximum Gasteiger partial charge on any atom is 0.287 e. The molecule has 1 aromatic heterocycles. The van der Waals surface area contributed by atoms with E-state index in [9.17, 15) is 14.4 Å². The Labute approximate surface area is 108 Å². The minimum absolute atomic E-state index is 0.0346. The summed E-state index contributed by atoms with van der Waals surface area (Å²) in [6.45, 7) is 0. The van der Waals surface area contributed by atoms with Gasteiger partial charge in [-0.05, 0) is 30.2 Å². The van der Waals surface area contributed by atoms with E-state index in [4.69, 9.17) is 16.0 Å². The van der Waals surface area contributed by atoms with Gasteiger partial charge < -0.3 is 9.73 Å². The van der Waals surface area contributed by atoms with Crippen molar-refractivity contribution < 1.29 is 18.8 Å². The van der Waals surface area contributed by atoms with E-state index in [0.717, 1.165) is 4.90 Å². The SMILES string of the molecule is CN1C(=O)CCC(NC(=O)c2ccc(Cl)o2)C1=O. The Kier molecular flexibility index (Phi) is 3.38. The Morgan fingerprint density at radius 3 is 2.83 bits per heavy atom. The molecule has 3 amide bonds. The highest BCUT2D eigenvalue weighted by atomic mass is 35.5. The second-order valence-corrected chi connectivity index (χ2v) is 4.33. The first kappa shape index (κ1) is 12.6. The maximum atomic E-state index is 11.7. The van der Waals surface area contributed by atoms with E-state index in [0.29, 0.717) is 6.42 Å². The van der Waals surface area contributed by atoms with Gasteiger partial charge in [0.1, 0.15) is 6.04 Å². The van der Waals surface area contributed by atoms with Gasteiger partial charge in [0.05, 0.1) is 0 Å². The van der Waals surface area contributed by atoms with Gasteiger partial charge in [-0.25, -0.2) is 0 Å². The van der Waals surface area contributed by atoms with Crippen molar-refractivity contribution >= 4 is 29.3 Å². The Hall–Kier alpha value is -1.82. The van der Waals surface area contributed by atoms with E-state index in [1.54, 1.807) is 0 Å². The highest BCUT2D eigenvalue weighted by Crippen LogP contribution is 2.15. The molecule has 2 rings (SSSR count). The summed E-state index contributed by atoms with van der Waals surface area (Å²) in [7, 11) is 1.40. The van der Waals surface area contributed by atoms with Crippen LogP contribution in [0, 0.1) is 0 Å². The third kappa shape index (κ3) is 2.38. The van der Waals surface area contributed by atoms with Crippen LogP contribution in [0.5, 0.6) is 0 Å². The highest BCUT2D eigenvalue weighted by molar-refractivity contribution is 6.29. The minimum Gasteiger partial charge on any atom is -0.440 e. The minimum atomic E-state index is -0.705. The first-order valence-corrected chi connectivity index (χ1v) is 5.73. The first-order valence-electron chi connectivity index (χ1n) is 5.35. The second-order valence-electron chi connectivity index (χ2n) is 3.96. The molecule has 1 atom stereocenters. The predicted octanol–water partition coefficient (Wildman–Crippen LogP) is 0.810. The summed E-state index contributed by atoms with van der Waals surface area (Å²) in [6.07, 6.45) is 0.522. The van der Waals surface area contributed by atoms with Crippen LogP contribution in [0.1, 0.15) is 23.4 Å². The standard InChI is InChI=1S/C11H11ClN2O4/c1-14-9(15)5-2-6(11(14)17)13-10(16)7-3-4-8(12)18-7/h3-4,6H,2,5H2,1H3,(H,13,16). The van der Waals surface area contributed by atoms with E-state index in [2.05, 4.69) is 5.32 Å². The van der Waals surface area contributed by atoms with Crippen molar-refractivity contribution in [3.63, 3.8) is 0 Å². The quantitative estimate of drug-likeness (QED) is 0.807. The van der Waals surface area contributed by atoms with Gasteiger partial charge >= 0.3 is 0 Å². The fraction of sp³-hybridized carbons (Fsp3) is 0.364. The van der Waals surface area contributed by atoms with Crippen LogP contribution in [0.3, 0.4) is 0 Å². The lowest BCUT2D eigenvalue weighted by atomic mass is 10.0. The molecule has 0 aromatic carbocycles. The summed E-state index contributed by atoms with van der Waals surface area (Å²) in [4.78, 5) is 35.8. The number of nitrogens with zero attached hydrogens (tertiary/aromatic N) is 1. The van der Waals surface area contributed by atoms with Crippen LogP contribution in [0.25, 0.3) is 0 Å². The first-order chi connectivity index (χ1) is 8.49. The molecule has 0 radical (unpaired) electrons. The molecule has 18 heavy (non-hydrogen) atoms. The van der Waals surface area contributed by atoms with Crippen LogP contribution >= 0.6 is 11.6 Å². The number of carbonyl (C=O) groups excluding carboxylic acids is 3. The van der Waals surface area contributed by atoms with E-state index in [1.807, 2.05) is 0 Å². The number of rotatable bonds is 2. The molecule has 1 N–H and O–H groups in total. The summed E-state index contributed by atoms with van der Waals surface area (Å²) < 4.78 is 4.93. The molecule has 1 aliphatic rings. The molecular weight excluding hydrogens is 260 g/mol. The number of amides is 3. The van der Waals surface area contributed by atoms with Crippen molar-refractivity contribution in [2.45, 2.75) is 18.9 Å². The Morgan fingerprint density at radius 2 is 2.22 bits per heavy atom. The summed E-state index contributed by atoms with van der Waals surface area (Å²) in [5.74, 6) is -1.15. The lowest BCUT2D eigenvalue weighted by molar-refractivity contribution is -0.147. The van der Waals surface area contributed by atoms with Crippen LogP contribution < -0.4 is 5.32 Å². The van der Waals surface area contributed by atoms with Crippen LogP contribution in [0.2, 0.25) is 5.22 Å². The molecule has 1 fully saturated rings. The smallest absolute Gasteiger partial charge is 0.287 e. The lowest BCUT2D eigenvalue weighted by Gasteiger charge is -2.27. The average Bonchev–Trinajstić information content (AvgIpc) is 2.77. The van der Waals surface area contributed by atoms with Crippen molar-refractivity contribution in [1.82, 2.24) is 10.2 Å². The molecule has 6 nitrogen and oxygen atoms in total. The number of likely N-dealkylation sites (N-methyl/N-ethyl adjacent to an activating group) is 1. The third-order valence-corrected chi connectivity index (χ3v) is 2.96. The summed E-state index contributed by atoms with van der Waals surface area (Å²) >= 11 is 5.55. The molecule has 0 spiro atoms. The molecule has 96 valence electrons. The lowest BCUT2D eigenvalue weighted by Crippen LogP contribution is -2.52. The van der Waals surface area contributed by atoms with E-state index < -0.39 is 17.9 Å². The number of nitrogens with one attached hydrogen (secondary N) is 1. The molecule has 1 aromatic rings. The monoisotopic (exact) mass is 270 g/mol. The zero-order chi connectivity index (χ0) is 13.3. The number of likely N-dealkylation sites (tertiary alicyclic amines) is 1. The number of hydrogen-bond donors (Lipinski definition) is 1. The van der Waals surface area contributed by atoms with Gasteiger partial charge in [-0.2, -0.15) is 0 Å². The zero-order valence-electron chi connectivity index (χ0n) is 9.60. The molecule has 0 saturated carbocycles. The zero-order valence-corrected chi connectivity index (χ0v) is 10.4. The number of hydrogen-bond acceptors (Lipinski definition) is 4. The molecule has 2 heterocycles. The van der Waals surface area contributed by atoms with Crippen molar-refractivity contribution in [2.75, 3.05) is 7.05 Å². The van der Waals surface area contributed by atoms with Gasteiger partial charge in [-0.15, -0.1) is 0 Å². The predicted molar refractivity (Wildman–Crippen MR) is 62.0 cm³/mol. The molecule has 1 unspecified atom stereocenters. The van der Waals surface area contributed by atoms with Gasteiger partial charge in [0.15, 0.2) is 11.0 Å². The van der Waals surface area contributed by atoms with Crippen LogP contribution in [-0.2, 0) is 9.59 Å². The third-order valence-electron chi connectivity index (χ3n) is 2.75. The van der Waals surface area contributed by atoms with E-state index in [1.165, 1.54) is 19.2 Å². The molecule has 1 saturated heterocycles. The van der Waals surface area contributed by atoms with Gasteiger partial charge in [-0.3, -0.25) is 19.3 Å². The Bertz CT molecular complexity index is 511. The van der Waals surface area contributed by atoms with Gasteiger partial charge in [0, 0.05) is 13.5 Å². The number of piperidine rings is 1. The van der Waals surface area contributed by atoms with Crippen molar-refractivity contribution in [3.05, 3.63) is 23.1 Å². The summed E-state index contributed by atoms with van der Waals surface area (Å²) in [5, 5.41) is 2.61. The van der Waals surface area contributed by atoms with Crippen molar-refractivity contribution in [1.29, 1.82) is 0 Å². The normalized spacial score (nSPS) is 20.1. The van der Waals surface area contributed by atoms with Gasteiger partial charge in [0.2, 0.25) is 5.91 Å². The van der Waals surface area contributed by atoms with Crippen LogP contribution in [0.15, 0.2) is 16.5 Å². The van der Waals surface area contributed by atoms with Crippen molar-refractivity contribution in [2.24, 2.45) is 0 Å². The molecule has 7 heteroatoms. The topological polar surface area (TPSA) is 79.6 Å². The fourth-order valence-electron chi connectivity index (χ4n) is 1.72. The summed E-state index contributed by atoms with van der Waals surface area (Å²) in [6, 6.07) is 2.15. The van der Waals surface area contributed by atoms with E-state index >= 15 is 0 Å². The number of halogens is 1. The Morgan fingerprint density at radius 1 is 1.50 bits per heavy atom. The molecule has 0 aliphatic carbocycles. The summed E-state index contributed by atoms with van der Waals surface area (Å²) in [5.41, 5.74) is 0. The second kappa shape index (κ2) is 4.81. The fourth-order valence-corrected chi connectivity index (χ4v) is 1.86. The van der Waals surface area contributed by atoms with Crippen molar-refractivity contribution in [3.8, 4) is 0 Å². The van der Waals surface area contributed by atoms with E-state index in [-0.39, 0.29) is 23.3 Å². The van der Waals surface area contributed by atoms with Gasteiger partial charge in [-0.1, -0.05) is 0 Å². The van der Waals surface area contributed by atoms with Crippen LogP contribution in [0.4, 0.5) is 0 Å². The largest absolute Gasteiger partial charge is 0.440 e. The number of furan rings is 1. The van der Waals surface area contributed by atoms with Gasteiger partial charge in [0.25, 0.3) is 11.8 Å². The molecular formula is C11H11ClN2O4. The highest BCUT2D eigenvalue weighted by Gasteiger charge is 2.33. The number of imide groups is 1. The maximum absolute atomic E-state index is 11.7.